The third kappa shape index (κ3) is 5.80. The van der Waals surface area contributed by atoms with Gasteiger partial charge in [0.1, 0.15) is 12.2 Å². The number of thioether (sulfide) groups is 1. The molecule has 0 aromatic heterocycles. The molecule has 0 bridgehead atoms. The summed E-state index contributed by atoms with van der Waals surface area (Å²) in [5.41, 5.74) is 0. The highest BCUT2D eigenvalue weighted by Gasteiger charge is 2.33. The fourth-order valence-electron chi connectivity index (χ4n) is 1.19. The van der Waals surface area contributed by atoms with Crippen molar-refractivity contribution in [3.8, 4) is 0 Å². The molecule has 0 rings (SSSR count). The van der Waals surface area contributed by atoms with Crippen molar-refractivity contribution in [1.29, 1.82) is 0 Å². The van der Waals surface area contributed by atoms with Crippen LogP contribution in [-0.4, -0.2) is 63.0 Å². The number of carbonyl (C=O) groups excluding carboxylic acids is 1. The fourth-order valence-corrected chi connectivity index (χ4v) is 1.89. The quantitative estimate of drug-likeness (QED) is 0.436. The van der Waals surface area contributed by atoms with Crippen LogP contribution in [0.2, 0.25) is 0 Å². The Morgan fingerprint density at radius 1 is 1.18 bits per heavy atom. The van der Waals surface area contributed by atoms with Gasteiger partial charge in [0.25, 0.3) is 0 Å². The molecule has 102 valence electrons. The number of ether oxygens (including phenoxy) is 1. The smallest absolute Gasteiger partial charge is 0.185 e. The van der Waals surface area contributed by atoms with Gasteiger partial charge in [0, 0.05) is 19.8 Å². The molecule has 0 saturated carbocycles. The molecule has 0 aromatic carbocycles. The zero-order chi connectivity index (χ0) is 13.6. The normalized spacial score (nSPS) is 20.4. The summed E-state index contributed by atoms with van der Waals surface area (Å²) < 4.78 is 4.44. The van der Waals surface area contributed by atoms with E-state index in [2.05, 4.69) is 4.74 Å². The zero-order valence-electron chi connectivity index (χ0n) is 10.1. The summed E-state index contributed by atoms with van der Waals surface area (Å²) >= 11 is 1.03. The number of hydrogen-bond donors (Lipinski definition) is 4. The Balaban J connectivity index is 4.27. The van der Waals surface area contributed by atoms with E-state index in [4.69, 9.17) is 5.11 Å². The summed E-state index contributed by atoms with van der Waals surface area (Å²) in [6, 6.07) is 0. The largest absolute Gasteiger partial charge is 0.390 e. The zero-order valence-corrected chi connectivity index (χ0v) is 10.9. The highest BCUT2D eigenvalue weighted by atomic mass is 32.2. The summed E-state index contributed by atoms with van der Waals surface area (Å²) in [5.74, 6) is -0.0822. The van der Waals surface area contributed by atoms with Crippen molar-refractivity contribution in [3.05, 3.63) is 0 Å². The number of rotatable bonds is 7. The molecule has 0 radical (unpaired) electrons. The van der Waals surface area contributed by atoms with Crippen molar-refractivity contribution in [1.82, 2.24) is 0 Å². The molecule has 4 N–H and O–H groups in total. The Kier molecular flexibility index (Phi) is 7.93. The van der Waals surface area contributed by atoms with E-state index in [9.17, 15) is 20.1 Å². The standard InChI is InChI=1S/C10H20O6S/c1-5(4-17-6(2)11)7(12)8(13)9(14)10(15)16-3/h5,7-10,12-15H,4H2,1-3H3/t5?,7-,8?,9-,10+/m1/s1. The first-order chi connectivity index (χ1) is 7.81. The van der Waals surface area contributed by atoms with Crippen LogP contribution in [-0.2, 0) is 9.53 Å². The van der Waals surface area contributed by atoms with Gasteiger partial charge in [-0.2, -0.15) is 0 Å². The van der Waals surface area contributed by atoms with Crippen molar-refractivity contribution in [3.63, 3.8) is 0 Å². The Morgan fingerprint density at radius 3 is 2.12 bits per heavy atom. The van der Waals surface area contributed by atoms with Crippen molar-refractivity contribution < 1.29 is 30.0 Å². The van der Waals surface area contributed by atoms with E-state index in [0.717, 1.165) is 11.8 Å². The maximum atomic E-state index is 10.7. The molecule has 0 amide bonds. The van der Waals surface area contributed by atoms with Crippen LogP contribution in [0.5, 0.6) is 0 Å². The van der Waals surface area contributed by atoms with Gasteiger partial charge in [0.2, 0.25) is 0 Å². The van der Waals surface area contributed by atoms with E-state index in [-0.39, 0.29) is 5.12 Å². The van der Waals surface area contributed by atoms with Crippen LogP contribution in [0.3, 0.4) is 0 Å². The van der Waals surface area contributed by atoms with Crippen LogP contribution in [0, 0.1) is 5.92 Å². The molecule has 0 spiro atoms. The Labute approximate surface area is 105 Å². The van der Waals surface area contributed by atoms with Gasteiger partial charge >= 0.3 is 0 Å². The molecule has 0 aliphatic heterocycles. The molecule has 17 heavy (non-hydrogen) atoms. The topological polar surface area (TPSA) is 107 Å². The summed E-state index contributed by atoms with van der Waals surface area (Å²) in [7, 11) is 1.17. The average Bonchev–Trinajstić information content (AvgIpc) is 2.31. The van der Waals surface area contributed by atoms with Gasteiger partial charge in [-0.05, 0) is 5.92 Å². The number of aliphatic hydroxyl groups excluding tert-OH is 4. The first kappa shape index (κ1) is 16.8. The van der Waals surface area contributed by atoms with Crippen LogP contribution in [0.15, 0.2) is 0 Å². The molecule has 7 heteroatoms. The van der Waals surface area contributed by atoms with Crippen LogP contribution in [0.25, 0.3) is 0 Å². The van der Waals surface area contributed by atoms with Crippen molar-refractivity contribution in [2.45, 2.75) is 38.4 Å². The Morgan fingerprint density at radius 2 is 1.71 bits per heavy atom. The number of hydrogen-bond acceptors (Lipinski definition) is 7. The van der Waals surface area contributed by atoms with Crippen LogP contribution < -0.4 is 0 Å². The van der Waals surface area contributed by atoms with E-state index in [0.29, 0.717) is 5.75 Å². The molecule has 0 saturated heterocycles. The number of aliphatic hydroxyl groups is 4. The Bertz CT molecular complexity index is 237. The minimum atomic E-state index is -1.60. The van der Waals surface area contributed by atoms with E-state index >= 15 is 0 Å². The third-order valence-electron chi connectivity index (χ3n) is 2.37. The van der Waals surface area contributed by atoms with Crippen LogP contribution in [0.1, 0.15) is 13.8 Å². The second-order valence-corrected chi connectivity index (χ2v) is 5.07. The minimum Gasteiger partial charge on any atom is -0.390 e. The lowest BCUT2D eigenvalue weighted by Gasteiger charge is -2.28. The van der Waals surface area contributed by atoms with Crippen LogP contribution >= 0.6 is 11.8 Å². The molecular weight excluding hydrogens is 248 g/mol. The summed E-state index contributed by atoms with van der Waals surface area (Å²) in [6.07, 6.45) is -5.94. The first-order valence-electron chi connectivity index (χ1n) is 5.19. The predicted molar refractivity (Wildman–Crippen MR) is 63.3 cm³/mol. The molecule has 0 aliphatic carbocycles. The summed E-state index contributed by atoms with van der Waals surface area (Å²) in [5, 5.41) is 37.8. The molecular formula is C10H20O6S. The highest BCUT2D eigenvalue weighted by Crippen LogP contribution is 2.17. The van der Waals surface area contributed by atoms with Gasteiger partial charge in [-0.3, -0.25) is 4.79 Å². The van der Waals surface area contributed by atoms with Gasteiger partial charge in [0.05, 0.1) is 6.10 Å². The lowest BCUT2D eigenvalue weighted by Crippen LogP contribution is -2.47. The monoisotopic (exact) mass is 268 g/mol. The molecule has 2 unspecified atom stereocenters. The SMILES string of the molecule is CO[C@H](O)[C@H](O)C(O)[C@H](O)C(C)CSC(C)=O. The van der Waals surface area contributed by atoms with Crippen molar-refractivity contribution in [2.24, 2.45) is 5.92 Å². The van der Waals surface area contributed by atoms with Gasteiger partial charge in [0.15, 0.2) is 11.4 Å². The molecule has 0 heterocycles. The average molecular weight is 268 g/mol. The minimum absolute atomic E-state index is 0.0870. The van der Waals surface area contributed by atoms with Gasteiger partial charge in [-0.1, -0.05) is 18.7 Å². The molecule has 0 fully saturated rings. The van der Waals surface area contributed by atoms with Crippen molar-refractivity contribution >= 4 is 16.9 Å². The van der Waals surface area contributed by atoms with E-state index in [1.54, 1.807) is 6.92 Å². The van der Waals surface area contributed by atoms with Crippen LogP contribution in [0.4, 0.5) is 0 Å². The molecule has 0 aromatic rings. The maximum absolute atomic E-state index is 10.7. The highest BCUT2D eigenvalue weighted by molar-refractivity contribution is 8.13. The first-order valence-corrected chi connectivity index (χ1v) is 6.18. The second-order valence-electron chi connectivity index (χ2n) is 3.88. The predicted octanol–water partition coefficient (Wildman–Crippen LogP) is -1.05. The summed E-state index contributed by atoms with van der Waals surface area (Å²) in [6.45, 7) is 3.04. The van der Waals surface area contributed by atoms with Gasteiger partial charge < -0.3 is 25.2 Å². The number of methoxy groups -OCH3 is 1. The second kappa shape index (κ2) is 8.02. The maximum Gasteiger partial charge on any atom is 0.185 e. The number of carbonyl (C=O) groups is 1. The van der Waals surface area contributed by atoms with E-state index < -0.39 is 30.5 Å². The molecule has 0 aliphatic rings. The van der Waals surface area contributed by atoms with Gasteiger partial charge in [-0.25, -0.2) is 0 Å². The fraction of sp³-hybridized carbons (Fsp3) is 0.900. The third-order valence-corrected chi connectivity index (χ3v) is 3.46. The van der Waals surface area contributed by atoms with E-state index in [1.807, 2.05) is 0 Å². The van der Waals surface area contributed by atoms with E-state index in [1.165, 1.54) is 14.0 Å². The lowest BCUT2D eigenvalue weighted by molar-refractivity contribution is -0.194. The molecule has 5 atom stereocenters. The summed E-state index contributed by atoms with van der Waals surface area (Å²) in [4.78, 5) is 10.7. The Hall–Kier alpha value is -0.180. The van der Waals surface area contributed by atoms with Gasteiger partial charge in [-0.15, -0.1) is 0 Å². The lowest BCUT2D eigenvalue weighted by atomic mass is 9.97. The van der Waals surface area contributed by atoms with Crippen molar-refractivity contribution in [2.75, 3.05) is 12.9 Å². The molecule has 6 nitrogen and oxygen atoms in total.